The highest BCUT2D eigenvalue weighted by Crippen LogP contribution is 2.37. The Balaban J connectivity index is 1.51. The van der Waals surface area contributed by atoms with Crippen LogP contribution in [0.4, 0.5) is 4.39 Å². The highest BCUT2D eigenvalue weighted by molar-refractivity contribution is 5.96. The predicted octanol–water partition coefficient (Wildman–Crippen LogP) is 5.05. The lowest BCUT2D eigenvalue weighted by molar-refractivity contribution is -0.137. The lowest BCUT2D eigenvalue weighted by Crippen LogP contribution is -2.35. The summed E-state index contributed by atoms with van der Waals surface area (Å²) in [7, 11) is 0. The molecule has 3 aromatic rings. The molecule has 0 fully saturated rings. The molecule has 1 aliphatic heterocycles. The molecule has 0 aliphatic carbocycles. The number of benzene rings is 3. The van der Waals surface area contributed by atoms with Crippen molar-refractivity contribution in [2.24, 2.45) is 0 Å². The summed E-state index contributed by atoms with van der Waals surface area (Å²) in [6.45, 7) is 3.71. The number of carbonyl (C=O) groups excluding carboxylic acids is 1. The van der Waals surface area contributed by atoms with Gasteiger partial charge in [-0.1, -0.05) is 43.3 Å². The van der Waals surface area contributed by atoms with Crippen molar-refractivity contribution in [1.29, 1.82) is 0 Å². The number of rotatable bonds is 8. The fraction of sp³-hybridized carbons (Fsp3) is 0.286. The highest BCUT2D eigenvalue weighted by Gasteiger charge is 2.35. The Morgan fingerprint density at radius 2 is 1.76 bits per heavy atom. The van der Waals surface area contributed by atoms with Gasteiger partial charge in [0.25, 0.3) is 5.91 Å². The zero-order valence-corrected chi connectivity index (χ0v) is 19.4. The van der Waals surface area contributed by atoms with Gasteiger partial charge in [0.1, 0.15) is 23.7 Å². The van der Waals surface area contributed by atoms with Gasteiger partial charge in [0.05, 0.1) is 0 Å². The average Bonchev–Trinajstić information content (AvgIpc) is 3.13. The zero-order chi connectivity index (χ0) is 24.3. The van der Waals surface area contributed by atoms with E-state index in [1.807, 2.05) is 0 Å². The number of fused-ring (bicyclic) bond motifs is 1. The van der Waals surface area contributed by atoms with Crippen molar-refractivity contribution in [2.45, 2.75) is 45.3 Å². The summed E-state index contributed by atoms with van der Waals surface area (Å²) >= 11 is 0. The second kappa shape index (κ2) is 9.67. The van der Waals surface area contributed by atoms with E-state index < -0.39 is 29.8 Å². The van der Waals surface area contributed by atoms with Gasteiger partial charge in [-0.05, 0) is 65.9 Å². The maximum absolute atomic E-state index is 13.6. The van der Waals surface area contributed by atoms with E-state index in [1.54, 1.807) is 24.3 Å². The third-order valence-electron chi connectivity index (χ3n) is 6.11. The van der Waals surface area contributed by atoms with E-state index in [1.165, 1.54) is 34.2 Å². The Labute approximate surface area is 198 Å². The molecule has 0 aromatic heterocycles. The molecule has 34 heavy (non-hydrogen) atoms. The van der Waals surface area contributed by atoms with Gasteiger partial charge in [-0.3, -0.25) is 9.59 Å². The molecule has 4 rings (SSSR count). The van der Waals surface area contributed by atoms with Gasteiger partial charge >= 0.3 is 5.97 Å². The first-order valence-electron chi connectivity index (χ1n) is 11.4. The van der Waals surface area contributed by atoms with Crippen LogP contribution in [0.5, 0.6) is 5.75 Å². The van der Waals surface area contributed by atoms with Crippen molar-refractivity contribution in [3.05, 3.63) is 100 Å². The fourth-order valence-electron chi connectivity index (χ4n) is 4.48. The minimum Gasteiger partial charge on any atom is -0.487 e. The van der Waals surface area contributed by atoms with Crippen LogP contribution in [0.3, 0.4) is 0 Å². The number of aliphatic carboxylic acids is 1. The van der Waals surface area contributed by atoms with Gasteiger partial charge in [0.15, 0.2) is 0 Å². The van der Waals surface area contributed by atoms with Crippen LogP contribution in [-0.2, 0) is 30.6 Å². The molecule has 176 valence electrons. The molecule has 1 heterocycles. The van der Waals surface area contributed by atoms with Crippen molar-refractivity contribution in [2.75, 3.05) is 6.54 Å². The smallest absolute Gasteiger partial charge is 0.323 e. The lowest BCUT2D eigenvalue weighted by Gasteiger charge is -2.24. The van der Waals surface area contributed by atoms with Gasteiger partial charge in [-0.2, -0.15) is 0 Å². The van der Waals surface area contributed by atoms with Crippen LogP contribution >= 0.6 is 0 Å². The van der Waals surface area contributed by atoms with Crippen LogP contribution in [-0.4, -0.2) is 34.0 Å². The molecule has 5 nitrogen and oxygen atoms in total. The Morgan fingerprint density at radius 3 is 2.44 bits per heavy atom. The Bertz CT molecular complexity index is 1210. The monoisotopic (exact) mass is 461 g/mol. The summed E-state index contributed by atoms with van der Waals surface area (Å²) < 4.78 is 19.9. The lowest BCUT2D eigenvalue weighted by atomic mass is 9.91. The van der Waals surface area contributed by atoms with E-state index in [0.29, 0.717) is 17.5 Å². The first-order valence-corrected chi connectivity index (χ1v) is 11.4. The molecule has 1 N–H and O–H groups in total. The summed E-state index contributed by atoms with van der Waals surface area (Å²) in [4.78, 5) is 25.8. The minimum absolute atomic E-state index is 0.00193. The normalized spacial score (nSPS) is 16.6. The second-order valence-electron chi connectivity index (χ2n) is 9.08. The SMILES string of the molecule is CCc1ccc(C[C@@]2(C)Cc3cc(C(=O)N(CC(=O)O)Cc4cccc(F)c4)ccc3O2)cc1. The van der Waals surface area contributed by atoms with Gasteiger partial charge < -0.3 is 14.7 Å². The largest absolute Gasteiger partial charge is 0.487 e. The Morgan fingerprint density at radius 1 is 1.03 bits per heavy atom. The molecule has 1 atom stereocenters. The number of halogens is 1. The molecule has 1 amide bonds. The van der Waals surface area contributed by atoms with Gasteiger partial charge in [-0.25, -0.2) is 4.39 Å². The van der Waals surface area contributed by atoms with E-state index in [-0.39, 0.29) is 6.54 Å². The number of carboxylic acid groups (broad SMARTS) is 1. The number of ether oxygens (including phenoxy) is 1. The highest BCUT2D eigenvalue weighted by atomic mass is 19.1. The number of carbonyl (C=O) groups is 2. The maximum atomic E-state index is 13.6. The van der Waals surface area contributed by atoms with E-state index in [9.17, 15) is 19.1 Å². The van der Waals surface area contributed by atoms with Crippen LogP contribution in [0.2, 0.25) is 0 Å². The number of carboxylic acids is 1. The summed E-state index contributed by atoms with van der Waals surface area (Å²) in [6.07, 6.45) is 2.37. The molecule has 0 unspecified atom stereocenters. The van der Waals surface area contributed by atoms with Crippen molar-refractivity contribution < 1.29 is 23.8 Å². The standard InChI is InChI=1S/C28H28FNO4/c1-3-19-7-9-20(10-8-19)15-28(2)16-23-14-22(11-12-25(23)34-28)27(33)30(18-26(31)32)17-21-5-4-6-24(29)13-21/h4-14H,3,15-18H2,1-2H3,(H,31,32)/t28-/m0/s1. The van der Waals surface area contributed by atoms with Crippen LogP contribution in [0.15, 0.2) is 66.7 Å². The number of hydrogen-bond donors (Lipinski definition) is 1. The Hall–Kier alpha value is -3.67. The number of nitrogens with zero attached hydrogens (tertiary/aromatic N) is 1. The van der Waals surface area contributed by atoms with Crippen molar-refractivity contribution in [3.63, 3.8) is 0 Å². The second-order valence-corrected chi connectivity index (χ2v) is 9.08. The third-order valence-corrected chi connectivity index (χ3v) is 6.11. The molecule has 0 radical (unpaired) electrons. The first-order chi connectivity index (χ1) is 16.2. The number of aryl methyl sites for hydroxylation is 1. The maximum Gasteiger partial charge on any atom is 0.323 e. The van der Waals surface area contributed by atoms with Crippen LogP contribution < -0.4 is 4.74 Å². The molecule has 0 saturated carbocycles. The summed E-state index contributed by atoms with van der Waals surface area (Å²) in [5, 5.41) is 9.32. The average molecular weight is 462 g/mol. The van der Waals surface area contributed by atoms with Gasteiger partial charge in [0.2, 0.25) is 0 Å². The van der Waals surface area contributed by atoms with Crippen molar-refractivity contribution in [1.82, 2.24) is 4.90 Å². The zero-order valence-electron chi connectivity index (χ0n) is 19.4. The van der Waals surface area contributed by atoms with E-state index in [0.717, 1.165) is 24.2 Å². The van der Waals surface area contributed by atoms with Crippen LogP contribution in [0.1, 0.15) is 46.5 Å². The minimum atomic E-state index is -1.13. The van der Waals surface area contributed by atoms with E-state index in [2.05, 4.69) is 38.1 Å². The molecule has 1 aliphatic rings. The molecular formula is C28H28FNO4. The topological polar surface area (TPSA) is 66.8 Å². The summed E-state index contributed by atoms with van der Waals surface area (Å²) in [5.41, 5.74) is 3.88. The number of amides is 1. The fourth-order valence-corrected chi connectivity index (χ4v) is 4.48. The van der Waals surface area contributed by atoms with Crippen molar-refractivity contribution >= 4 is 11.9 Å². The third kappa shape index (κ3) is 5.45. The predicted molar refractivity (Wildman–Crippen MR) is 127 cm³/mol. The number of hydrogen-bond acceptors (Lipinski definition) is 3. The van der Waals surface area contributed by atoms with E-state index >= 15 is 0 Å². The van der Waals surface area contributed by atoms with Gasteiger partial charge in [0, 0.05) is 24.9 Å². The molecular weight excluding hydrogens is 433 g/mol. The molecule has 3 aromatic carbocycles. The van der Waals surface area contributed by atoms with Crippen molar-refractivity contribution in [3.8, 4) is 5.75 Å². The first kappa shape index (κ1) is 23.5. The molecule has 6 heteroatoms. The van der Waals surface area contributed by atoms with Crippen LogP contribution in [0, 0.1) is 5.82 Å². The molecule has 0 bridgehead atoms. The molecule has 0 saturated heterocycles. The van der Waals surface area contributed by atoms with E-state index in [4.69, 9.17) is 4.74 Å². The Kier molecular flexibility index (Phi) is 6.68. The van der Waals surface area contributed by atoms with Crippen LogP contribution in [0.25, 0.3) is 0 Å². The summed E-state index contributed by atoms with van der Waals surface area (Å²) in [6, 6.07) is 19.5. The quantitative estimate of drug-likeness (QED) is 0.510. The summed E-state index contributed by atoms with van der Waals surface area (Å²) in [5.74, 6) is -1.24. The molecule has 0 spiro atoms. The van der Waals surface area contributed by atoms with Gasteiger partial charge in [-0.15, -0.1) is 0 Å².